The Morgan fingerprint density at radius 3 is 2.56 bits per heavy atom. The van der Waals surface area contributed by atoms with Crippen LogP contribution in [0.2, 0.25) is 0 Å². The number of thioether (sulfide) groups is 1. The zero-order valence-corrected chi connectivity index (χ0v) is 11.0. The van der Waals surface area contributed by atoms with Gasteiger partial charge in [0, 0.05) is 4.90 Å². The van der Waals surface area contributed by atoms with E-state index >= 15 is 0 Å². The number of rotatable bonds is 4. The maximum atomic E-state index is 11.1. The molecule has 0 amide bonds. The van der Waals surface area contributed by atoms with E-state index in [1.54, 1.807) is 25.6 Å². The van der Waals surface area contributed by atoms with Gasteiger partial charge in [-0.1, -0.05) is 17.7 Å². The van der Waals surface area contributed by atoms with Crippen molar-refractivity contribution in [2.24, 2.45) is 5.41 Å². The predicted molar refractivity (Wildman–Crippen MR) is 68.1 cm³/mol. The Hall–Kier alpha value is -0.960. The predicted octanol–water partition coefficient (Wildman–Crippen LogP) is 3.37. The van der Waals surface area contributed by atoms with E-state index in [9.17, 15) is 4.79 Å². The largest absolute Gasteiger partial charge is 0.481 e. The number of hydrogen-bond donors (Lipinski definition) is 1. The minimum absolute atomic E-state index is 0.568. The van der Waals surface area contributed by atoms with Gasteiger partial charge in [-0.15, -0.1) is 11.8 Å². The molecule has 0 atom stereocenters. The van der Waals surface area contributed by atoms with Gasteiger partial charge in [0.1, 0.15) is 0 Å². The van der Waals surface area contributed by atoms with Crippen molar-refractivity contribution in [2.45, 2.75) is 32.1 Å². The summed E-state index contributed by atoms with van der Waals surface area (Å²) in [6.07, 6.45) is 2.59. The SMILES string of the molecule is CSc1cc(C)ccc1CC(C)(C)C(=O)O. The fraction of sp³-hybridized carbons (Fsp3) is 0.462. The Balaban J connectivity index is 3.01. The lowest BCUT2D eigenvalue weighted by Crippen LogP contribution is -2.26. The van der Waals surface area contributed by atoms with Crippen LogP contribution in [0.15, 0.2) is 23.1 Å². The number of carbonyl (C=O) groups is 1. The van der Waals surface area contributed by atoms with Gasteiger partial charge in [-0.2, -0.15) is 0 Å². The molecule has 0 aromatic heterocycles. The Morgan fingerprint density at radius 1 is 1.44 bits per heavy atom. The van der Waals surface area contributed by atoms with Crippen molar-refractivity contribution >= 4 is 17.7 Å². The van der Waals surface area contributed by atoms with Crippen molar-refractivity contribution in [3.8, 4) is 0 Å². The number of aliphatic carboxylic acids is 1. The van der Waals surface area contributed by atoms with Crippen LogP contribution in [0.5, 0.6) is 0 Å². The molecular formula is C13H18O2S. The highest BCUT2D eigenvalue weighted by Crippen LogP contribution is 2.29. The van der Waals surface area contributed by atoms with Crippen LogP contribution in [-0.4, -0.2) is 17.3 Å². The first-order valence-corrected chi connectivity index (χ1v) is 6.46. The highest BCUT2D eigenvalue weighted by molar-refractivity contribution is 7.98. The van der Waals surface area contributed by atoms with Gasteiger partial charge in [0.05, 0.1) is 5.41 Å². The quantitative estimate of drug-likeness (QED) is 0.817. The zero-order valence-electron chi connectivity index (χ0n) is 10.2. The van der Waals surface area contributed by atoms with Gasteiger partial charge < -0.3 is 5.11 Å². The molecule has 0 saturated carbocycles. The summed E-state index contributed by atoms with van der Waals surface area (Å²) in [6.45, 7) is 5.57. The summed E-state index contributed by atoms with van der Waals surface area (Å²) in [5.41, 5.74) is 1.62. The van der Waals surface area contributed by atoms with Gasteiger partial charge in [0.15, 0.2) is 0 Å². The molecule has 0 aliphatic carbocycles. The summed E-state index contributed by atoms with van der Waals surface area (Å²) >= 11 is 1.67. The van der Waals surface area contributed by atoms with Crippen LogP contribution in [0.3, 0.4) is 0 Å². The molecule has 16 heavy (non-hydrogen) atoms. The summed E-state index contributed by atoms with van der Waals surface area (Å²) in [5, 5.41) is 9.11. The van der Waals surface area contributed by atoms with E-state index in [1.165, 1.54) is 10.5 Å². The van der Waals surface area contributed by atoms with E-state index in [-0.39, 0.29) is 0 Å². The highest BCUT2D eigenvalue weighted by Gasteiger charge is 2.28. The number of aryl methyl sites for hydroxylation is 1. The molecule has 1 aromatic carbocycles. The van der Waals surface area contributed by atoms with Crippen molar-refractivity contribution < 1.29 is 9.90 Å². The van der Waals surface area contributed by atoms with Crippen LogP contribution < -0.4 is 0 Å². The van der Waals surface area contributed by atoms with Gasteiger partial charge in [-0.3, -0.25) is 4.79 Å². The minimum atomic E-state index is -0.750. The van der Waals surface area contributed by atoms with Crippen LogP contribution in [0, 0.1) is 12.3 Å². The normalized spacial score (nSPS) is 11.5. The third-order valence-electron chi connectivity index (χ3n) is 2.65. The van der Waals surface area contributed by atoms with E-state index < -0.39 is 11.4 Å². The van der Waals surface area contributed by atoms with Crippen LogP contribution in [-0.2, 0) is 11.2 Å². The molecule has 0 radical (unpaired) electrons. The van der Waals surface area contributed by atoms with Crippen LogP contribution in [0.4, 0.5) is 0 Å². The average molecular weight is 238 g/mol. The third kappa shape index (κ3) is 3.01. The molecule has 0 spiro atoms. The van der Waals surface area contributed by atoms with Crippen molar-refractivity contribution in [3.05, 3.63) is 29.3 Å². The molecule has 88 valence electrons. The molecule has 0 unspecified atom stereocenters. The number of benzene rings is 1. The number of hydrogen-bond acceptors (Lipinski definition) is 2. The van der Waals surface area contributed by atoms with Crippen LogP contribution in [0.25, 0.3) is 0 Å². The first-order valence-electron chi connectivity index (χ1n) is 5.24. The van der Waals surface area contributed by atoms with E-state index in [2.05, 4.69) is 6.07 Å². The molecule has 1 N–H and O–H groups in total. The van der Waals surface area contributed by atoms with Gasteiger partial charge in [0.2, 0.25) is 0 Å². The van der Waals surface area contributed by atoms with E-state index in [4.69, 9.17) is 5.11 Å². The Bertz CT molecular complexity index is 397. The number of carboxylic acids is 1. The van der Waals surface area contributed by atoms with Crippen molar-refractivity contribution in [2.75, 3.05) is 6.26 Å². The number of carboxylic acid groups (broad SMARTS) is 1. The lowest BCUT2D eigenvalue weighted by Gasteiger charge is -2.20. The summed E-state index contributed by atoms with van der Waals surface area (Å²) in [5.74, 6) is -0.750. The van der Waals surface area contributed by atoms with E-state index in [0.717, 1.165) is 5.56 Å². The third-order valence-corrected chi connectivity index (χ3v) is 3.47. The second-order valence-electron chi connectivity index (χ2n) is 4.68. The fourth-order valence-electron chi connectivity index (χ4n) is 1.55. The van der Waals surface area contributed by atoms with Gasteiger partial charge >= 0.3 is 5.97 Å². The molecule has 1 rings (SSSR count). The average Bonchev–Trinajstić information content (AvgIpc) is 2.20. The van der Waals surface area contributed by atoms with Gasteiger partial charge in [0.25, 0.3) is 0 Å². The fourth-order valence-corrected chi connectivity index (χ4v) is 2.26. The summed E-state index contributed by atoms with van der Waals surface area (Å²) < 4.78 is 0. The van der Waals surface area contributed by atoms with Crippen molar-refractivity contribution in [1.82, 2.24) is 0 Å². The molecule has 3 heteroatoms. The lowest BCUT2D eigenvalue weighted by molar-refractivity contribution is -0.146. The lowest BCUT2D eigenvalue weighted by atomic mass is 9.86. The Morgan fingerprint density at radius 2 is 2.06 bits per heavy atom. The van der Waals surface area contributed by atoms with Crippen molar-refractivity contribution in [3.63, 3.8) is 0 Å². The minimum Gasteiger partial charge on any atom is -0.481 e. The molecule has 0 heterocycles. The van der Waals surface area contributed by atoms with Gasteiger partial charge in [-0.25, -0.2) is 0 Å². The van der Waals surface area contributed by atoms with E-state index in [0.29, 0.717) is 6.42 Å². The smallest absolute Gasteiger partial charge is 0.309 e. The Kier molecular flexibility index (Phi) is 4.03. The second-order valence-corrected chi connectivity index (χ2v) is 5.53. The monoisotopic (exact) mass is 238 g/mol. The van der Waals surface area contributed by atoms with Crippen LogP contribution >= 0.6 is 11.8 Å². The topological polar surface area (TPSA) is 37.3 Å². The Labute approximate surface area is 101 Å². The van der Waals surface area contributed by atoms with Crippen molar-refractivity contribution in [1.29, 1.82) is 0 Å². The maximum absolute atomic E-state index is 11.1. The summed E-state index contributed by atoms with van der Waals surface area (Å²) in [6, 6.07) is 6.18. The van der Waals surface area contributed by atoms with E-state index in [1.807, 2.05) is 25.3 Å². The molecule has 0 aliphatic heterocycles. The summed E-state index contributed by atoms with van der Waals surface area (Å²) in [7, 11) is 0. The molecule has 2 nitrogen and oxygen atoms in total. The molecule has 1 aromatic rings. The maximum Gasteiger partial charge on any atom is 0.309 e. The van der Waals surface area contributed by atoms with Gasteiger partial charge in [-0.05, 0) is 45.1 Å². The molecule has 0 fully saturated rings. The standard InChI is InChI=1S/C13H18O2S/c1-9-5-6-10(11(7-9)16-4)8-13(2,3)12(14)15/h5-7H,8H2,1-4H3,(H,14,15). The zero-order chi connectivity index (χ0) is 12.3. The second kappa shape index (κ2) is 4.91. The molecule has 0 aliphatic rings. The highest BCUT2D eigenvalue weighted by atomic mass is 32.2. The molecular weight excluding hydrogens is 220 g/mol. The molecule has 0 saturated heterocycles. The molecule has 0 bridgehead atoms. The first-order chi connectivity index (χ1) is 7.36. The van der Waals surface area contributed by atoms with Crippen LogP contribution in [0.1, 0.15) is 25.0 Å². The first kappa shape index (κ1) is 13.1. The summed E-state index contributed by atoms with van der Waals surface area (Å²) in [4.78, 5) is 12.3.